The zero-order valence-electron chi connectivity index (χ0n) is 13.2. The molecular formula is C18H16ClNO4. The van der Waals surface area contributed by atoms with Gasteiger partial charge in [-0.3, -0.25) is 4.79 Å². The van der Waals surface area contributed by atoms with Crippen molar-refractivity contribution in [3.63, 3.8) is 0 Å². The fourth-order valence-corrected chi connectivity index (χ4v) is 2.04. The second-order valence-electron chi connectivity index (χ2n) is 4.77. The minimum Gasteiger partial charge on any atom is -0.497 e. The number of carbonyl (C=O) groups excluding carboxylic acids is 2. The number of anilines is 1. The molecule has 0 aromatic heterocycles. The maximum Gasteiger partial charge on any atom is 0.354 e. The monoisotopic (exact) mass is 345 g/mol. The molecule has 0 fully saturated rings. The third-order valence-corrected chi connectivity index (χ3v) is 3.43. The summed E-state index contributed by atoms with van der Waals surface area (Å²) < 4.78 is 9.79. The van der Waals surface area contributed by atoms with Gasteiger partial charge in [-0.25, -0.2) is 4.79 Å². The van der Waals surface area contributed by atoms with Crippen LogP contribution in [0.4, 0.5) is 5.69 Å². The first-order chi connectivity index (χ1) is 11.5. The minimum atomic E-state index is -0.645. The molecule has 0 unspecified atom stereocenters. The van der Waals surface area contributed by atoms with E-state index in [2.05, 4.69) is 5.32 Å². The van der Waals surface area contributed by atoms with Gasteiger partial charge in [-0.1, -0.05) is 11.6 Å². The number of halogens is 1. The molecule has 1 N–H and O–H groups in total. The molecule has 0 aliphatic heterocycles. The van der Waals surface area contributed by atoms with Crippen LogP contribution in [0.2, 0.25) is 5.02 Å². The first kappa shape index (κ1) is 17.6. The van der Waals surface area contributed by atoms with Crippen LogP contribution in [0.5, 0.6) is 5.75 Å². The van der Waals surface area contributed by atoms with E-state index in [1.54, 1.807) is 55.6 Å². The number of carbonyl (C=O) groups is 2. The lowest BCUT2D eigenvalue weighted by Gasteiger charge is -2.10. The number of esters is 1. The van der Waals surface area contributed by atoms with Crippen molar-refractivity contribution in [3.05, 3.63) is 70.9 Å². The van der Waals surface area contributed by atoms with Gasteiger partial charge in [0.25, 0.3) is 0 Å². The van der Waals surface area contributed by atoms with Crippen molar-refractivity contribution in [2.45, 2.75) is 0 Å². The fraction of sp³-hybridized carbons (Fsp3) is 0.111. The Morgan fingerprint density at radius 1 is 1.00 bits per heavy atom. The molecule has 5 nitrogen and oxygen atoms in total. The normalized spacial score (nSPS) is 10.9. The number of ketones is 1. The molecule has 0 spiro atoms. The SMILES string of the molecule is COC(=O)/C(=C\C(=O)c1ccc(Cl)cc1)Nc1ccc(OC)cc1. The summed E-state index contributed by atoms with van der Waals surface area (Å²) in [6, 6.07) is 13.3. The summed E-state index contributed by atoms with van der Waals surface area (Å²) in [6.45, 7) is 0. The van der Waals surface area contributed by atoms with Crippen LogP contribution in [-0.4, -0.2) is 26.0 Å². The van der Waals surface area contributed by atoms with E-state index in [1.807, 2.05) is 0 Å². The molecule has 6 heteroatoms. The Hall–Kier alpha value is -2.79. The van der Waals surface area contributed by atoms with Gasteiger partial charge in [0.2, 0.25) is 0 Å². The topological polar surface area (TPSA) is 64.6 Å². The van der Waals surface area contributed by atoms with E-state index >= 15 is 0 Å². The summed E-state index contributed by atoms with van der Waals surface area (Å²) in [5.74, 6) is -0.303. The molecule has 0 saturated heterocycles. The van der Waals surface area contributed by atoms with Crippen LogP contribution in [0, 0.1) is 0 Å². The smallest absolute Gasteiger partial charge is 0.354 e. The van der Waals surface area contributed by atoms with Gasteiger partial charge in [0.05, 0.1) is 14.2 Å². The number of nitrogens with one attached hydrogen (secondary N) is 1. The zero-order valence-corrected chi connectivity index (χ0v) is 14.0. The Bertz CT molecular complexity index is 752. The molecule has 0 heterocycles. The number of hydrogen-bond acceptors (Lipinski definition) is 5. The highest BCUT2D eigenvalue weighted by molar-refractivity contribution is 6.30. The molecule has 2 rings (SSSR count). The zero-order chi connectivity index (χ0) is 17.5. The molecule has 0 aliphatic carbocycles. The van der Waals surface area contributed by atoms with Crippen LogP contribution in [0.1, 0.15) is 10.4 Å². The Morgan fingerprint density at radius 2 is 1.62 bits per heavy atom. The van der Waals surface area contributed by atoms with Crippen LogP contribution >= 0.6 is 11.6 Å². The summed E-state index contributed by atoms with van der Waals surface area (Å²) in [5.41, 5.74) is 1.07. The molecule has 0 atom stereocenters. The van der Waals surface area contributed by atoms with Gasteiger partial charge < -0.3 is 14.8 Å². The van der Waals surface area contributed by atoms with Gasteiger partial charge in [0, 0.05) is 22.3 Å². The third-order valence-electron chi connectivity index (χ3n) is 3.18. The average Bonchev–Trinajstić information content (AvgIpc) is 2.61. The van der Waals surface area contributed by atoms with Crippen molar-refractivity contribution in [1.29, 1.82) is 0 Å². The highest BCUT2D eigenvalue weighted by Crippen LogP contribution is 2.18. The predicted octanol–water partition coefficient (Wildman–Crippen LogP) is 3.70. The first-order valence-corrected chi connectivity index (χ1v) is 7.42. The lowest BCUT2D eigenvalue weighted by molar-refractivity contribution is -0.135. The van der Waals surface area contributed by atoms with Crippen molar-refractivity contribution >= 4 is 29.0 Å². The number of allylic oxidation sites excluding steroid dienone is 1. The van der Waals surface area contributed by atoms with Gasteiger partial charge in [0.15, 0.2) is 5.78 Å². The van der Waals surface area contributed by atoms with E-state index in [4.69, 9.17) is 21.1 Å². The second-order valence-corrected chi connectivity index (χ2v) is 5.21. The fourth-order valence-electron chi connectivity index (χ4n) is 1.91. The summed E-state index contributed by atoms with van der Waals surface area (Å²) in [4.78, 5) is 24.2. The Balaban J connectivity index is 2.24. The van der Waals surface area contributed by atoms with Crippen molar-refractivity contribution < 1.29 is 19.1 Å². The number of benzene rings is 2. The van der Waals surface area contributed by atoms with Gasteiger partial charge in [-0.05, 0) is 48.5 Å². The molecule has 2 aromatic rings. The van der Waals surface area contributed by atoms with Gasteiger partial charge in [0.1, 0.15) is 11.4 Å². The minimum absolute atomic E-state index is 0.0302. The molecule has 124 valence electrons. The predicted molar refractivity (Wildman–Crippen MR) is 92.5 cm³/mol. The maximum atomic E-state index is 12.3. The van der Waals surface area contributed by atoms with Gasteiger partial charge >= 0.3 is 5.97 Å². The van der Waals surface area contributed by atoms with E-state index in [-0.39, 0.29) is 11.5 Å². The van der Waals surface area contributed by atoms with Crippen LogP contribution in [0.25, 0.3) is 0 Å². The Labute approximate surface area is 144 Å². The van der Waals surface area contributed by atoms with E-state index in [1.165, 1.54) is 13.2 Å². The van der Waals surface area contributed by atoms with Crippen molar-refractivity contribution in [1.82, 2.24) is 0 Å². The molecule has 0 saturated carbocycles. The summed E-state index contributed by atoms with van der Waals surface area (Å²) in [5, 5.41) is 3.41. The average molecular weight is 346 g/mol. The molecular weight excluding hydrogens is 330 g/mol. The van der Waals surface area contributed by atoms with Gasteiger partial charge in [-0.15, -0.1) is 0 Å². The third kappa shape index (κ3) is 4.60. The lowest BCUT2D eigenvalue weighted by Crippen LogP contribution is -2.15. The Morgan fingerprint density at radius 3 is 2.17 bits per heavy atom. The highest BCUT2D eigenvalue weighted by atomic mass is 35.5. The molecule has 2 aromatic carbocycles. The van der Waals surface area contributed by atoms with Crippen molar-refractivity contribution in [2.24, 2.45) is 0 Å². The standard InChI is InChI=1S/C18H16ClNO4/c1-23-15-9-7-14(8-10-15)20-16(18(22)24-2)11-17(21)12-3-5-13(19)6-4-12/h3-11,20H,1-2H3/b16-11+. The molecule has 0 amide bonds. The quantitative estimate of drug-likeness (QED) is 0.491. The van der Waals surface area contributed by atoms with E-state index in [9.17, 15) is 9.59 Å². The van der Waals surface area contributed by atoms with E-state index in [0.29, 0.717) is 22.0 Å². The second kappa shape index (κ2) is 8.17. The lowest BCUT2D eigenvalue weighted by atomic mass is 10.1. The molecule has 24 heavy (non-hydrogen) atoms. The molecule has 0 aliphatic rings. The van der Waals surface area contributed by atoms with Gasteiger partial charge in [-0.2, -0.15) is 0 Å². The van der Waals surface area contributed by atoms with Crippen LogP contribution in [0.3, 0.4) is 0 Å². The number of hydrogen-bond donors (Lipinski definition) is 1. The highest BCUT2D eigenvalue weighted by Gasteiger charge is 2.13. The van der Waals surface area contributed by atoms with Crippen LogP contribution in [0.15, 0.2) is 60.3 Å². The maximum absolute atomic E-state index is 12.3. The Kier molecular flexibility index (Phi) is 5.98. The van der Waals surface area contributed by atoms with Crippen LogP contribution in [-0.2, 0) is 9.53 Å². The van der Waals surface area contributed by atoms with E-state index in [0.717, 1.165) is 0 Å². The first-order valence-electron chi connectivity index (χ1n) is 7.04. The number of ether oxygens (including phenoxy) is 2. The molecule has 0 radical (unpaired) electrons. The summed E-state index contributed by atoms with van der Waals surface area (Å²) in [7, 11) is 2.81. The number of rotatable bonds is 6. The van der Waals surface area contributed by atoms with E-state index < -0.39 is 5.97 Å². The van der Waals surface area contributed by atoms with Crippen LogP contribution < -0.4 is 10.1 Å². The van der Waals surface area contributed by atoms with Crippen molar-refractivity contribution in [3.8, 4) is 5.75 Å². The number of methoxy groups -OCH3 is 2. The molecule has 0 bridgehead atoms. The summed E-state index contributed by atoms with van der Waals surface area (Å²) in [6.07, 6.45) is 1.19. The van der Waals surface area contributed by atoms with Crippen molar-refractivity contribution in [2.75, 3.05) is 19.5 Å². The summed E-state index contributed by atoms with van der Waals surface area (Å²) >= 11 is 5.80. The largest absolute Gasteiger partial charge is 0.497 e.